The number of benzene rings is 5. The van der Waals surface area contributed by atoms with Gasteiger partial charge in [0.1, 0.15) is 11.5 Å². The second-order valence-electron chi connectivity index (χ2n) is 23.0. The maximum absolute atomic E-state index is 6.29. The lowest BCUT2D eigenvalue weighted by atomic mass is 9.77. The van der Waals surface area contributed by atoms with E-state index in [0.717, 1.165) is 135 Å². The fraction of sp³-hybridized carbons (Fsp3) is 0.333. The molecule has 5 aromatic carbocycles. The highest BCUT2D eigenvalue weighted by atomic mass is 35.5. The first-order chi connectivity index (χ1) is 39.0. The third-order valence-corrected chi connectivity index (χ3v) is 18.2. The van der Waals surface area contributed by atoms with Gasteiger partial charge in [0.2, 0.25) is 0 Å². The SMILES string of the molecule is C=C(C)C1CC=C(C(CC2=NCCc3c2[nH]c2cc(C)ccc32)CC2=NCCc3c2[nH]c2cc(OC)ccc32)CC1.COc1ccc2c3c([nH]c2c1)C(CC(CC1=NCCc2c1[nH]c1cc(C)ccc21)c1ccc(Cl)cc1)=NCC3. The van der Waals surface area contributed by atoms with Gasteiger partial charge in [0.15, 0.2) is 0 Å². The van der Waals surface area contributed by atoms with E-state index in [0.29, 0.717) is 11.8 Å². The number of allylic oxidation sites excluding steroid dienone is 3. The molecule has 0 spiro atoms. The Balaban J connectivity index is 0.000000151. The standard InChI is InChI=1S/C36H40N4O.C33H31ClN4O/c1-21(2)23-6-8-24(9-7-23)25(18-33-35-29(13-15-37-33)27-11-5-22(3)17-31(27)39-35)19-34-36-30(14-16-38-34)28-12-10-26(41-4)20-32(28)40-36;1-19-3-9-24-26-11-13-35-30(32(26)37-28(24)15-19)16-21(20-4-6-22(34)7-5-20)17-31-33-27(12-14-36-31)25-10-8-23(39-2)18-29(25)38-33/h5,8,10-12,17,20,23,25,39-40H,1,6-7,9,13-16,18-19H2,2-4H3;3-10,15,18,21,37-38H,11-14,16-17H2,1-2H3. The molecule has 4 aromatic heterocycles. The molecule has 14 rings (SSSR count). The summed E-state index contributed by atoms with van der Waals surface area (Å²) in [7, 11) is 3.44. The molecule has 0 amide bonds. The van der Waals surface area contributed by atoms with Crippen molar-refractivity contribution in [2.24, 2.45) is 31.8 Å². The van der Waals surface area contributed by atoms with Gasteiger partial charge in [0.25, 0.3) is 0 Å². The number of nitrogens with one attached hydrogen (secondary N) is 4. The summed E-state index contributed by atoms with van der Waals surface area (Å²) in [6.07, 6.45) is 13.3. The number of hydrogen-bond acceptors (Lipinski definition) is 6. The van der Waals surface area contributed by atoms with Crippen LogP contribution >= 0.6 is 11.6 Å². The average molecular weight is 1080 g/mol. The number of aromatic nitrogens is 4. The van der Waals surface area contributed by atoms with Gasteiger partial charge in [-0.25, -0.2) is 0 Å². The fourth-order valence-corrected chi connectivity index (χ4v) is 13.8. The monoisotopic (exact) mass is 1080 g/mol. The Kier molecular flexibility index (Phi) is 14.1. The zero-order valence-corrected chi connectivity index (χ0v) is 47.6. The van der Waals surface area contributed by atoms with E-state index in [4.69, 9.17) is 41.0 Å². The predicted octanol–water partition coefficient (Wildman–Crippen LogP) is 15.6. The summed E-state index contributed by atoms with van der Waals surface area (Å²) in [5.41, 5.74) is 26.5. The molecule has 3 atom stereocenters. The number of H-pyrrole nitrogens is 4. The maximum Gasteiger partial charge on any atom is 0.120 e. The Labute approximate surface area is 473 Å². The quantitative estimate of drug-likeness (QED) is 0.0857. The Morgan fingerprint density at radius 3 is 1.29 bits per heavy atom. The summed E-state index contributed by atoms with van der Waals surface area (Å²) in [6, 6.07) is 34.4. The van der Waals surface area contributed by atoms with Gasteiger partial charge in [-0.1, -0.05) is 71.8 Å². The van der Waals surface area contributed by atoms with Crippen LogP contribution in [0.15, 0.2) is 141 Å². The number of halogens is 1. The van der Waals surface area contributed by atoms with Gasteiger partial charge in [-0.2, -0.15) is 0 Å². The first-order valence-electron chi connectivity index (χ1n) is 28.9. The van der Waals surface area contributed by atoms with Crippen molar-refractivity contribution in [1.29, 1.82) is 0 Å². The molecule has 0 bridgehead atoms. The first-order valence-corrected chi connectivity index (χ1v) is 29.3. The summed E-state index contributed by atoms with van der Waals surface area (Å²) in [4.78, 5) is 35.3. The van der Waals surface area contributed by atoms with Crippen LogP contribution in [-0.4, -0.2) is 83.2 Å². The molecule has 10 nitrogen and oxygen atoms in total. The van der Waals surface area contributed by atoms with E-state index < -0.39 is 0 Å². The van der Waals surface area contributed by atoms with E-state index in [1.807, 2.05) is 18.2 Å². The minimum atomic E-state index is 0.214. The van der Waals surface area contributed by atoms with Crippen LogP contribution in [0, 0.1) is 25.7 Å². The average Bonchev–Trinajstić information content (AvgIpc) is 4.46. The Morgan fingerprint density at radius 1 is 0.525 bits per heavy atom. The van der Waals surface area contributed by atoms with Crippen LogP contribution in [0.5, 0.6) is 11.5 Å². The Morgan fingerprint density at radius 2 is 0.912 bits per heavy atom. The predicted molar refractivity (Wildman–Crippen MR) is 333 cm³/mol. The second-order valence-corrected chi connectivity index (χ2v) is 23.4. The highest BCUT2D eigenvalue weighted by molar-refractivity contribution is 6.30. The van der Waals surface area contributed by atoms with E-state index in [1.165, 1.54) is 112 Å². The molecular weight excluding hydrogens is 1010 g/mol. The number of methoxy groups -OCH3 is 2. The third kappa shape index (κ3) is 9.94. The van der Waals surface area contributed by atoms with Gasteiger partial charge < -0.3 is 29.4 Å². The molecule has 11 heteroatoms. The van der Waals surface area contributed by atoms with Crippen LogP contribution in [-0.2, 0) is 25.7 Å². The van der Waals surface area contributed by atoms with E-state index in [1.54, 1.807) is 19.8 Å². The lowest BCUT2D eigenvalue weighted by Gasteiger charge is -2.29. The number of nitrogens with zero attached hydrogens (tertiary/aromatic N) is 4. The summed E-state index contributed by atoms with van der Waals surface area (Å²) in [5.74, 6) is 2.91. The van der Waals surface area contributed by atoms with Crippen molar-refractivity contribution in [3.8, 4) is 11.5 Å². The van der Waals surface area contributed by atoms with E-state index in [-0.39, 0.29) is 5.92 Å². The summed E-state index contributed by atoms with van der Waals surface area (Å²) in [6.45, 7) is 14.1. The molecule has 9 aromatic rings. The molecule has 0 saturated carbocycles. The molecule has 80 heavy (non-hydrogen) atoms. The number of ether oxygens (including phenoxy) is 2. The van der Waals surface area contributed by atoms with Crippen LogP contribution in [0.4, 0.5) is 0 Å². The minimum Gasteiger partial charge on any atom is -0.497 e. The van der Waals surface area contributed by atoms with E-state index in [2.05, 4.69) is 132 Å². The van der Waals surface area contributed by atoms with Crippen LogP contribution in [0.2, 0.25) is 5.02 Å². The first kappa shape index (κ1) is 51.7. The smallest absolute Gasteiger partial charge is 0.120 e. The number of rotatable bonds is 13. The molecule has 0 fully saturated rings. The van der Waals surface area contributed by atoms with Crippen molar-refractivity contribution in [2.75, 3.05) is 40.4 Å². The highest BCUT2D eigenvalue weighted by Crippen LogP contribution is 2.40. The van der Waals surface area contributed by atoms with Crippen LogP contribution in [0.25, 0.3) is 43.6 Å². The fourth-order valence-electron chi connectivity index (χ4n) is 13.7. The molecule has 0 radical (unpaired) electrons. The minimum absolute atomic E-state index is 0.214. The molecule has 8 heterocycles. The van der Waals surface area contributed by atoms with Crippen molar-refractivity contribution >= 4 is 78.1 Å². The zero-order chi connectivity index (χ0) is 54.6. The number of aliphatic imine (C=N–C) groups is 4. The molecule has 1 aliphatic carbocycles. The maximum atomic E-state index is 6.29. The molecule has 4 aliphatic heterocycles. The van der Waals surface area contributed by atoms with Crippen LogP contribution < -0.4 is 9.47 Å². The second kappa shape index (κ2) is 21.8. The van der Waals surface area contributed by atoms with Crippen molar-refractivity contribution in [2.45, 2.75) is 97.3 Å². The summed E-state index contributed by atoms with van der Waals surface area (Å²) >= 11 is 6.29. The van der Waals surface area contributed by atoms with Gasteiger partial charge in [-0.05, 0) is 197 Å². The molecule has 3 unspecified atom stereocenters. The van der Waals surface area contributed by atoms with Gasteiger partial charge >= 0.3 is 0 Å². The molecule has 4 N–H and O–H groups in total. The van der Waals surface area contributed by atoms with Gasteiger partial charge in [0.05, 0.1) is 59.8 Å². The zero-order valence-electron chi connectivity index (χ0n) is 46.8. The van der Waals surface area contributed by atoms with Gasteiger partial charge in [-0.15, -0.1) is 0 Å². The van der Waals surface area contributed by atoms with Gasteiger partial charge in [0, 0.05) is 86.9 Å². The van der Waals surface area contributed by atoms with E-state index >= 15 is 0 Å². The molecule has 406 valence electrons. The number of fused-ring (bicyclic) bond motifs is 12. The topological polar surface area (TPSA) is 131 Å². The lowest BCUT2D eigenvalue weighted by Crippen LogP contribution is -2.23. The number of hydrogen-bond donors (Lipinski definition) is 4. The largest absolute Gasteiger partial charge is 0.497 e. The Hall–Kier alpha value is -7.69. The Bertz CT molecular complexity index is 4060. The van der Waals surface area contributed by atoms with Crippen LogP contribution in [0.3, 0.4) is 0 Å². The highest BCUT2D eigenvalue weighted by Gasteiger charge is 2.31. The molecule has 0 saturated heterocycles. The lowest BCUT2D eigenvalue weighted by molar-refractivity contribution is 0.415. The summed E-state index contributed by atoms with van der Waals surface area (Å²) < 4.78 is 11.0. The van der Waals surface area contributed by atoms with E-state index in [9.17, 15) is 0 Å². The van der Waals surface area contributed by atoms with Crippen molar-refractivity contribution in [3.05, 3.63) is 188 Å². The van der Waals surface area contributed by atoms with Gasteiger partial charge in [-0.3, -0.25) is 20.0 Å². The van der Waals surface area contributed by atoms with Crippen molar-refractivity contribution < 1.29 is 9.47 Å². The number of aromatic amines is 4. The van der Waals surface area contributed by atoms with Crippen LogP contribution in [0.1, 0.15) is 120 Å². The molecule has 5 aliphatic rings. The third-order valence-electron chi connectivity index (χ3n) is 17.9. The normalized spacial score (nSPS) is 17.5. The van der Waals surface area contributed by atoms with Crippen molar-refractivity contribution in [1.82, 2.24) is 19.9 Å². The molecular formula is C69H71ClN8O2. The summed E-state index contributed by atoms with van der Waals surface area (Å²) in [5, 5.41) is 5.98. The van der Waals surface area contributed by atoms with Crippen molar-refractivity contribution in [3.63, 3.8) is 0 Å². The number of aryl methyl sites for hydroxylation is 2.